The third-order valence-electron chi connectivity index (χ3n) is 5.76. The first-order valence-corrected chi connectivity index (χ1v) is 13.5. The summed E-state index contributed by atoms with van der Waals surface area (Å²) in [5.74, 6) is -0.410. The molecule has 0 aromatic rings. The van der Waals surface area contributed by atoms with Gasteiger partial charge in [-0.05, 0) is 52.0 Å². The number of amides is 2. The Morgan fingerprint density at radius 1 is 0.727 bits per heavy atom. The minimum Gasteiger partial charge on any atom is -0.464 e. The summed E-state index contributed by atoms with van der Waals surface area (Å²) in [6.07, 6.45) is 16.8. The predicted molar refractivity (Wildman–Crippen MR) is 135 cm³/mol. The number of rotatable bonds is 23. The molecule has 0 aliphatic rings. The van der Waals surface area contributed by atoms with E-state index in [2.05, 4.69) is 17.6 Å². The SMILES string of the molecule is CCCCCCCCCCCC(=O)NCCCC[C@H](NC(=O)CCCCCN)C(=O)OCC. The summed E-state index contributed by atoms with van der Waals surface area (Å²) in [7, 11) is 0. The highest BCUT2D eigenvalue weighted by molar-refractivity contribution is 5.84. The molecule has 194 valence electrons. The molecule has 0 radical (unpaired) electrons. The monoisotopic (exact) mass is 469 g/mol. The largest absolute Gasteiger partial charge is 0.464 e. The summed E-state index contributed by atoms with van der Waals surface area (Å²) in [5, 5.41) is 5.77. The number of carbonyl (C=O) groups excluding carboxylic acids is 3. The van der Waals surface area contributed by atoms with E-state index in [0.717, 1.165) is 44.9 Å². The van der Waals surface area contributed by atoms with E-state index < -0.39 is 6.04 Å². The number of carbonyl (C=O) groups is 3. The molecule has 0 aliphatic carbocycles. The smallest absolute Gasteiger partial charge is 0.328 e. The number of esters is 1. The minimum absolute atomic E-state index is 0.102. The third kappa shape index (κ3) is 20.7. The van der Waals surface area contributed by atoms with E-state index in [4.69, 9.17) is 10.5 Å². The molecule has 0 rings (SSSR count). The molecule has 7 nitrogen and oxygen atoms in total. The fourth-order valence-corrected chi connectivity index (χ4v) is 3.75. The van der Waals surface area contributed by atoms with Crippen LogP contribution in [0.15, 0.2) is 0 Å². The van der Waals surface area contributed by atoms with Crippen molar-refractivity contribution in [1.82, 2.24) is 10.6 Å². The van der Waals surface area contributed by atoms with Gasteiger partial charge in [0.25, 0.3) is 0 Å². The van der Waals surface area contributed by atoms with Gasteiger partial charge in [0.15, 0.2) is 0 Å². The molecule has 0 saturated heterocycles. The van der Waals surface area contributed by atoms with E-state index in [9.17, 15) is 14.4 Å². The van der Waals surface area contributed by atoms with E-state index in [0.29, 0.717) is 32.4 Å². The van der Waals surface area contributed by atoms with Crippen LogP contribution in [0, 0.1) is 0 Å². The summed E-state index contributed by atoms with van der Waals surface area (Å²) in [4.78, 5) is 36.3. The Morgan fingerprint density at radius 2 is 1.30 bits per heavy atom. The molecule has 0 unspecified atom stereocenters. The molecule has 0 spiro atoms. The number of nitrogens with one attached hydrogen (secondary N) is 2. The molecule has 0 aromatic heterocycles. The minimum atomic E-state index is -0.621. The van der Waals surface area contributed by atoms with Gasteiger partial charge >= 0.3 is 5.97 Å². The number of hydrogen-bond acceptors (Lipinski definition) is 5. The van der Waals surface area contributed by atoms with Gasteiger partial charge in [0.1, 0.15) is 6.04 Å². The Kier molecular flexibility index (Phi) is 22.4. The van der Waals surface area contributed by atoms with Crippen LogP contribution < -0.4 is 16.4 Å². The highest BCUT2D eigenvalue weighted by Gasteiger charge is 2.21. The molecule has 0 bridgehead atoms. The average Bonchev–Trinajstić information content (AvgIpc) is 2.80. The standard InChI is InChI=1S/C26H51N3O4/c1-3-5-6-7-8-9-10-11-13-19-24(30)28-22-17-15-18-23(26(32)33-4-2)29-25(31)20-14-12-16-21-27/h23H,3-22,27H2,1-2H3,(H,28,30)(H,29,31)/t23-/m0/s1. The van der Waals surface area contributed by atoms with Crippen molar-refractivity contribution in [2.75, 3.05) is 19.7 Å². The van der Waals surface area contributed by atoms with E-state index in [1.807, 2.05) is 0 Å². The Balaban J connectivity index is 3.89. The van der Waals surface area contributed by atoms with Gasteiger partial charge in [-0.15, -0.1) is 0 Å². The molecular weight excluding hydrogens is 418 g/mol. The van der Waals surface area contributed by atoms with Crippen molar-refractivity contribution in [3.05, 3.63) is 0 Å². The van der Waals surface area contributed by atoms with Crippen molar-refractivity contribution in [2.45, 2.75) is 129 Å². The van der Waals surface area contributed by atoms with Crippen LogP contribution in [0.3, 0.4) is 0 Å². The second kappa shape index (κ2) is 23.5. The fourth-order valence-electron chi connectivity index (χ4n) is 3.75. The van der Waals surface area contributed by atoms with Crippen molar-refractivity contribution in [1.29, 1.82) is 0 Å². The summed E-state index contributed by atoms with van der Waals surface area (Å²) >= 11 is 0. The van der Waals surface area contributed by atoms with E-state index >= 15 is 0 Å². The van der Waals surface area contributed by atoms with Gasteiger partial charge in [-0.2, -0.15) is 0 Å². The maximum Gasteiger partial charge on any atom is 0.328 e. The maximum atomic E-state index is 12.2. The lowest BCUT2D eigenvalue weighted by atomic mass is 10.1. The number of nitrogens with two attached hydrogens (primary N) is 1. The van der Waals surface area contributed by atoms with Gasteiger partial charge in [-0.3, -0.25) is 9.59 Å². The normalized spacial score (nSPS) is 11.7. The average molecular weight is 470 g/mol. The second-order valence-corrected chi connectivity index (χ2v) is 8.90. The zero-order valence-electron chi connectivity index (χ0n) is 21.4. The Morgan fingerprint density at radius 3 is 1.91 bits per heavy atom. The highest BCUT2D eigenvalue weighted by atomic mass is 16.5. The zero-order chi connectivity index (χ0) is 24.6. The first-order chi connectivity index (χ1) is 16.0. The van der Waals surface area contributed by atoms with Crippen LogP contribution in [-0.2, 0) is 19.1 Å². The number of ether oxygens (including phenoxy) is 1. The van der Waals surface area contributed by atoms with E-state index in [1.54, 1.807) is 6.92 Å². The van der Waals surface area contributed by atoms with Crippen LogP contribution >= 0.6 is 0 Å². The van der Waals surface area contributed by atoms with Gasteiger partial charge in [0.05, 0.1) is 6.61 Å². The van der Waals surface area contributed by atoms with Crippen LogP contribution in [0.1, 0.15) is 123 Å². The van der Waals surface area contributed by atoms with Crippen molar-refractivity contribution in [2.24, 2.45) is 5.73 Å². The lowest BCUT2D eigenvalue weighted by Crippen LogP contribution is -2.41. The highest BCUT2D eigenvalue weighted by Crippen LogP contribution is 2.10. The lowest BCUT2D eigenvalue weighted by Gasteiger charge is -2.17. The topological polar surface area (TPSA) is 111 Å². The predicted octanol–water partition coefficient (Wildman–Crippen LogP) is 4.76. The Labute approximate surface area is 202 Å². The molecule has 4 N–H and O–H groups in total. The molecule has 1 atom stereocenters. The second-order valence-electron chi connectivity index (χ2n) is 8.90. The molecule has 0 heterocycles. The summed E-state index contributed by atoms with van der Waals surface area (Å²) in [6.45, 7) is 5.50. The molecule has 0 saturated carbocycles. The number of unbranched alkanes of at least 4 members (excludes halogenated alkanes) is 11. The van der Waals surface area contributed by atoms with Gasteiger partial charge in [0, 0.05) is 19.4 Å². The van der Waals surface area contributed by atoms with Crippen LogP contribution in [-0.4, -0.2) is 43.5 Å². The Bertz CT molecular complexity index is 500. The van der Waals surface area contributed by atoms with Gasteiger partial charge in [-0.1, -0.05) is 64.7 Å². The summed E-state index contributed by atoms with van der Waals surface area (Å²) in [5.41, 5.74) is 5.47. The maximum absolute atomic E-state index is 12.2. The van der Waals surface area contributed by atoms with Gasteiger partial charge in [-0.25, -0.2) is 4.79 Å². The lowest BCUT2D eigenvalue weighted by molar-refractivity contribution is -0.147. The van der Waals surface area contributed by atoms with Crippen LogP contribution in [0.2, 0.25) is 0 Å². The zero-order valence-corrected chi connectivity index (χ0v) is 21.4. The van der Waals surface area contributed by atoms with Gasteiger partial charge in [0.2, 0.25) is 11.8 Å². The van der Waals surface area contributed by atoms with Crippen molar-refractivity contribution < 1.29 is 19.1 Å². The van der Waals surface area contributed by atoms with Crippen molar-refractivity contribution in [3.63, 3.8) is 0 Å². The molecule has 2 amide bonds. The van der Waals surface area contributed by atoms with Crippen LogP contribution in [0.25, 0.3) is 0 Å². The molecule has 0 fully saturated rings. The van der Waals surface area contributed by atoms with E-state index in [-0.39, 0.29) is 24.4 Å². The van der Waals surface area contributed by atoms with E-state index in [1.165, 1.54) is 44.9 Å². The molecule has 0 aliphatic heterocycles. The third-order valence-corrected chi connectivity index (χ3v) is 5.76. The Hall–Kier alpha value is -1.63. The van der Waals surface area contributed by atoms with Gasteiger partial charge < -0.3 is 21.1 Å². The fraction of sp³-hybridized carbons (Fsp3) is 0.885. The first kappa shape index (κ1) is 31.4. The quantitative estimate of drug-likeness (QED) is 0.148. The van der Waals surface area contributed by atoms with Crippen LogP contribution in [0.4, 0.5) is 0 Å². The first-order valence-electron chi connectivity index (χ1n) is 13.5. The molecular formula is C26H51N3O4. The molecule has 0 aromatic carbocycles. The molecule has 7 heteroatoms. The number of hydrogen-bond donors (Lipinski definition) is 3. The van der Waals surface area contributed by atoms with Crippen molar-refractivity contribution in [3.8, 4) is 0 Å². The van der Waals surface area contributed by atoms with Crippen molar-refractivity contribution >= 4 is 17.8 Å². The summed E-state index contributed by atoms with van der Waals surface area (Å²) in [6, 6.07) is -0.621. The summed E-state index contributed by atoms with van der Waals surface area (Å²) < 4.78 is 5.10. The molecule has 33 heavy (non-hydrogen) atoms. The van der Waals surface area contributed by atoms with Crippen LogP contribution in [0.5, 0.6) is 0 Å².